The highest BCUT2D eigenvalue weighted by Crippen LogP contribution is 2.15. The minimum absolute atomic E-state index is 0.148. The smallest absolute Gasteiger partial charge is 0.267 e. The number of hydrogen-bond acceptors (Lipinski definition) is 3. The maximum absolute atomic E-state index is 12.8. The van der Waals surface area contributed by atoms with Crippen LogP contribution in [0.4, 0.5) is 0 Å². The molecule has 0 atom stereocenters. The van der Waals surface area contributed by atoms with Gasteiger partial charge in [-0.05, 0) is 60.6 Å². The monoisotopic (exact) mass is 430 g/mol. The van der Waals surface area contributed by atoms with E-state index in [9.17, 15) is 9.59 Å². The first-order valence-corrected chi connectivity index (χ1v) is 10.9. The first kappa shape index (κ1) is 23.1. The van der Waals surface area contributed by atoms with E-state index in [0.717, 1.165) is 18.4 Å². The Kier molecular flexibility index (Phi) is 8.03. The summed E-state index contributed by atoms with van der Waals surface area (Å²) in [7, 11) is 0. The third kappa shape index (κ3) is 6.45. The molecule has 1 aromatic heterocycles. The Labute approximate surface area is 189 Å². The summed E-state index contributed by atoms with van der Waals surface area (Å²) >= 11 is 0. The molecule has 0 radical (unpaired) electrons. The van der Waals surface area contributed by atoms with Crippen LogP contribution in [0.2, 0.25) is 0 Å². The lowest BCUT2D eigenvalue weighted by molar-refractivity contribution is -0.117. The molecule has 1 heterocycles. The van der Waals surface area contributed by atoms with E-state index >= 15 is 0 Å². The summed E-state index contributed by atoms with van der Waals surface area (Å²) in [5.41, 5.74) is 4.07. The number of carbonyl (C=O) groups is 2. The topological polar surface area (TPSA) is 71.3 Å². The van der Waals surface area contributed by atoms with E-state index in [1.807, 2.05) is 19.1 Å². The number of furan rings is 1. The summed E-state index contributed by atoms with van der Waals surface area (Å²) < 4.78 is 5.33. The second kappa shape index (κ2) is 11.1. The van der Waals surface area contributed by atoms with E-state index in [0.29, 0.717) is 23.8 Å². The van der Waals surface area contributed by atoms with Crippen molar-refractivity contribution in [2.24, 2.45) is 0 Å². The molecule has 166 valence electrons. The molecule has 32 heavy (non-hydrogen) atoms. The van der Waals surface area contributed by atoms with E-state index < -0.39 is 0 Å². The van der Waals surface area contributed by atoms with Crippen molar-refractivity contribution in [3.63, 3.8) is 0 Å². The molecule has 2 amide bonds. The zero-order chi connectivity index (χ0) is 22.9. The second-order valence-electron chi connectivity index (χ2n) is 8.10. The summed E-state index contributed by atoms with van der Waals surface area (Å²) in [5.74, 6) is 0.322. The van der Waals surface area contributed by atoms with Crippen molar-refractivity contribution in [1.82, 2.24) is 10.6 Å². The Bertz CT molecular complexity index is 1060. The van der Waals surface area contributed by atoms with Crippen LogP contribution in [0.15, 0.2) is 77.0 Å². The number of carbonyl (C=O) groups excluding carboxylic acids is 2. The van der Waals surface area contributed by atoms with Crippen LogP contribution in [-0.2, 0) is 11.2 Å². The summed E-state index contributed by atoms with van der Waals surface area (Å²) in [4.78, 5) is 25.6. The number of amides is 2. The molecule has 0 fully saturated rings. The molecule has 0 bridgehead atoms. The number of rotatable bonds is 9. The Balaban J connectivity index is 1.60. The molecule has 0 spiro atoms. The first-order chi connectivity index (χ1) is 15.4. The molecule has 2 aromatic carbocycles. The van der Waals surface area contributed by atoms with Gasteiger partial charge in [0, 0.05) is 18.2 Å². The highest BCUT2D eigenvalue weighted by atomic mass is 16.3. The molecule has 0 saturated carbocycles. The first-order valence-electron chi connectivity index (χ1n) is 10.9. The maximum atomic E-state index is 12.8. The van der Waals surface area contributed by atoms with Gasteiger partial charge in [-0.15, -0.1) is 0 Å². The lowest BCUT2D eigenvalue weighted by atomic mass is 10.0. The van der Waals surface area contributed by atoms with Gasteiger partial charge >= 0.3 is 0 Å². The van der Waals surface area contributed by atoms with Crippen LogP contribution >= 0.6 is 0 Å². The summed E-state index contributed by atoms with van der Waals surface area (Å²) in [5, 5.41) is 5.64. The molecule has 3 rings (SSSR count). The molecule has 0 aliphatic carbocycles. The lowest BCUT2D eigenvalue weighted by Crippen LogP contribution is -2.35. The number of nitrogens with one attached hydrogen (secondary N) is 2. The zero-order valence-electron chi connectivity index (χ0n) is 18.9. The number of aryl methyl sites for hydroxylation is 2. The highest BCUT2D eigenvalue weighted by Gasteiger charge is 2.16. The van der Waals surface area contributed by atoms with Gasteiger partial charge in [0.15, 0.2) is 0 Å². The molecule has 0 unspecified atom stereocenters. The molecule has 3 aromatic rings. The minimum atomic E-state index is -0.349. The average Bonchev–Trinajstić information content (AvgIpc) is 3.30. The zero-order valence-corrected chi connectivity index (χ0v) is 18.9. The maximum Gasteiger partial charge on any atom is 0.267 e. The van der Waals surface area contributed by atoms with Crippen molar-refractivity contribution in [2.75, 3.05) is 6.54 Å². The average molecular weight is 431 g/mol. The van der Waals surface area contributed by atoms with Gasteiger partial charge in [-0.1, -0.05) is 56.3 Å². The molecule has 0 aliphatic heterocycles. The van der Waals surface area contributed by atoms with E-state index in [1.54, 1.807) is 24.3 Å². The van der Waals surface area contributed by atoms with Gasteiger partial charge in [0.05, 0.1) is 6.26 Å². The fourth-order valence-corrected chi connectivity index (χ4v) is 3.35. The molecule has 2 N–H and O–H groups in total. The molecule has 0 aliphatic rings. The number of hydrogen-bond donors (Lipinski definition) is 2. The molecule has 0 saturated heterocycles. The van der Waals surface area contributed by atoms with E-state index in [2.05, 4.69) is 48.7 Å². The summed E-state index contributed by atoms with van der Waals surface area (Å²) in [6, 6.07) is 19.3. The van der Waals surface area contributed by atoms with E-state index in [1.165, 1.54) is 23.5 Å². The standard InChI is InChI=1S/C27H30N2O3/c1-19(2)22-14-12-21(13-15-22)9-6-16-28-27(31)25(18-23-10-7-17-32-23)29-26(30)24-11-5-4-8-20(24)3/h4-5,7-8,10-15,17-19H,6,9,16H2,1-3H3,(H,28,31)(H,29,30)/b25-18-. The molecular formula is C27H30N2O3. The van der Waals surface area contributed by atoms with Crippen LogP contribution in [0.1, 0.15) is 59.0 Å². The van der Waals surface area contributed by atoms with Crippen LogP contribution in [0.5, 0.6) is 0 Å². The fraction of sp³-hybridized carbons (Fsp3) is 0.259. The Morgan fingerprint density at radius 2 is 1.75 bits per heavy atom. The van der Waals surface area contributed by atoms with Gasteiger partial charge in [0.1, 0.15) is 11.5 Å². The predicted molar refractivity (Wildman–Crippen MR) is 127 cm³/mol. The third-order valence-corrected chi connectivity index (χ3v) is 5.29. The summed E-state index contributed by atoms with van der Waals surface area (Å²) in [6.07, 6.45) is 4.73. The molecular weight excluding hydrogens is 400 g/mol. The van der Waals surface area contributed by atoms with Gasteiger partial charge in [0.25, 0.3) is 11.8 Å². The van der Waals surface area contributed by atoms with Crippen molar-refractivity contribution >= 4 is 17.9 Å². The van der Waals surface area contributed by atoms with Crippen molar-refractivity contribution in [3.05, 3.63) is 101 Å². The van der Waals surface area contributed by atoms with Crippen LogP contribution in [-0.4, -0.2) is 18.4 Å². The van der Waals surface area contributed by atoms with Crippen LogP contribution < -0.4 is 10.6 Å². The van der Waals surface area contributed by atoms with Crippen LogP contribution in [0.3, 0.4) is 0 Å². The largest absolute Gasteiger partial charge is 0.465 e. The Morgan fingerprint density at radius 1 is 1.00 bits per heavy atom. The molecule has 5 nitrogen and oxygen atoms in total. The van der Waals surface area contributed by atoms with Crippen molar-refractivity contribution in [3.8, 4) is 0 Å². The van der Waals surface area contributed by atoms with Gasteiger partial charge in [-0.2, -0.15) is 0 Å². The Morgan fingerprint density at radius 3 is 2.41 bits per heavy atom. The third-order valence-electron chi connectivity index (χ3n) is 5.29. The molecule has 5 heteroatoms. The normalized spacial score (nSPS) is 11.4. The van der Waals surface area contributed by atoms with Gasteiger partial charge in [-0.25, -0.2) is 0 Å². The SMILES string of the molecule is Cc1ccccc1C(=O)N/C(=C\c1ccco1)C(=O)NCCCc1ccc(C(C)C)cc1. The lowest BCUT2D eigenvalue weighted by Gasteiger charge is -2.12. The predicted octanol–water partition coefficient (Wildman–Crippen LogP) is 5.23. The number of benzene rings is 2. The van der Waals surface area contributed by atoms with Gasteiger partial charge in [0.2, 0.25) is 0 Å². The van der Waals surface area contributed by atoms with Crippen LogP contribution in [0.25, 0.3) is 6.08 Å². The van der Waals surface area contributed by atoms with Gasteiger partial charge < -0.3 is 15.1 Å². The van der Waals surface area contributed by atoms with Gasteiger partial charge in [-0.3, -0.25) is 9.59 Å². The van der Waals surface area contributed by atoms with Crippen molar-refractivity contribution in [1.29, 1.82) is 0 Å². The van der Waals surface area contributed by atoms with Crippen molar-refractivity contribution in [2.45, 2.75) is 39.5 Å². The summed E-state index contributed by atoms with van der Waals surface area (Å²) in [6.45, 7) is 6.71. The van der Waals surface area contributed by atoms with Crippen LogP contribution in [0, 0.1) is 6.92 Å². The highest BCUT2D eigenvalue weighted by molar-refractivity contribution is 6.05. The Hall–Kier alpha value is -3.60. The van der Waals surface area contributed by atoms with Crippen molar-refractivity contribution < 1.29 is 14.0 Å². The minimum Gasteiger partial charge on any atom is -0.465 e. The van der Waals surface area contributed by atoms with E-state index in [-0.39, 0.29) is 17.5 Å². The van der Waals surface area contributed by atoms with E-state index in [4.69, 9.17) is 4.42 Å². The fourth-order valence-electron chi connectivity index (χ4n) is 3.35. The second-order valence-corrected chi connectivity index (χ2v) is 8.10. The quantitative estimate of drug-likeness (QED) is 0.361.